The van der Waals surface area contributed by atoms with E-state index in [4.69, 9.17) is 0 Å². The molecule has 0 radical (unpaired) electrons. The minimum absolute atomic E-state index is 0.253. The van der Waals surface area contributed by atoms with Crippen LogP contribution in [-0.2, 0) is 6.42 Å². The van der Waals surface area contributed by atoms with E-state index in [0.717, 1.165) is 22.1 Å². The summed E-state index contributed by atoms with van der Waals surface area (Å²) in [7, 11) is 1.83. The summed E-state index contributed by atoms with van der Waals surface area (Å²) in [6.07, 6.45) is 0.885. The molecule has 1 rings (SSSR count). The third-order valence-electron chi connectivity index (χ3n) is 1.90. The van der Waals surface area contributed by atoms with E-state index in [1.54, 1.807) is 0 Å². The molecule has 100 valence electrons. The molecule has 0 saturated carbocycles. The zero-order valence-corrected chi connectivity index (χ0v) is 14.7. The summed E-state index contributed by atoms with van der Waals surface area (Å²) < 4.78 is 1.46. The molecule has 0 aromatic heterocycles. The van der Waals surface area contributed by atoms with Crippen molar-refractivity contribution in [1.82, 2.24) is 0 Å². The number of aromatic hydroxyl groups is 1. The molecule has 0 heterocycles. The highest BCUT2D eigenvalue weighted by molar-refractivity contribution is 9.11. The van der Waals surface area contributed by atoms with Crippen LogP contribution in [0.1, 0.15) is 40.2 Å². The van der Waals surface area contributed by atoms with Crippen LogP contribution >= 0.6 is 31.9 Å². The molecule has 0 spiro atoms. The van der Waals surface area contributed by atoms with Gasteiger partial charge in [-0.3, -0.25) is 0 Å². The first-order valence-corrected chi connectivity index (χ1v) is 7.58. The number of aryl methyl sites for hydroxylation is 1. The average Bonchev–Trinajstić information content (AvgIpc) is 2.41. The van der Waals surface area contributed by atoms with Crippen molar-refractivity contribution in [2.45, 2.75) is 41.0 Å². The summed E-state index contributed by atoms with van der Waals surface area (Å²) in [6.45, 7) is 10.0. The zero-order valence-electron chi connectivity index (χ0n) is 11.5. The number of benzene rings is 1. The van der Waals surface area contributed by atoms with E-state index in [1.807, 2.05) is 47.7 Å². The Balaban J connectivity index is 0. The lowest BCUT2D eigenvalue weighted by atomic mass is 10.1. The van der Waals surface area contributed by atoms with Gasteiger partial charge in [0.05, 0.1) is 14.6 Å². The van der Waals surface area contributed by atoms with Crippen molar-refractivity contribution in [1.29, 1.82) is 0 Å². The first-order chi connectivity index (χ1) is 8.11. The second-order valence-electron chi connectivity index (χ2n) is 2.66. The fourth-order valence-corrected chi connectivity index (χ4v) is 2.49. The third kappa shape index (κ3) is 5.30. The van der Waals surface area contributed by atoms with E-state index in [2.05, 4.69) is 37.2 Å². The highest BCUT2D eigenvalue weighted by Crippen LogP contribution is 2.40. The maximum Gasteiger partial charge on any atom is 0.146 e. The summed E-state index contributed by atoms with van der Waals surface area (Å²) in [5.74, 6) is 0.253. The molecule has 2 N–H and O–H groups in total. The fraction of sp³-hybridized carbons (Fsp3) is 0.538. The number of anilines is 1. The quantitative estimate of drug-likeness (QED) is 0.714. The van der Waals surface area contributed by atoms with Gasteiger partial charge in [0.1, 0.15) is 5.75 Å². The largest absolute Gasteiger partial charge is 0.505 e. The molecule has 1 aromatic carbocycles. The number of phenols is 1. The van der Waals surface area contributed by atoms with Gasteiger partial charge in [0.15, 0.2) is 0 Å². The zero-order chi connectivity index (χ0) is 14.0. The predicted molar refractivity (Wildman–Crippen MR) is 85.1 cm³/mol. The van der Waals surface area contributed by atoms with Gasteiger partial charge in [-0.1, -0.05) is 34.6 Å². The van der Waals surface area contributed by atoms with Gasteiger partial charge in [-0.15, -0.1) is 0 Å². The van der Waals surface area contributed by atoms with E-state index >= 15 is 0 Å². The maximum atomic E-state index is 9.70. The number of halogens is 2. The average molecular weight is 369 g/mol. The lowest BCUT2D eigenvalue weighted by molar-refractivity contribution is 0.468. The van der Waals surface area contributed by atoms with E-state index in [0.29, 0.717) is 4.47 Å². The maximum absolute atomic E-state index is 9.70. The lowest BCUT2D eigenvalue weighted by Crippen LogP contribution is -1.93. The summed E-state index contributed by atoms with van der Waals surface area (Å²) in [6, 6.07) is 2.01. The van der Waals surface area contributed by atoms with Crippen molar-refractivity contribution >= 4 is 37.5 Å². The van der Waals surface area contributed by atoms with Gasteiger partial charge in [-0.2, -0.15) is 0 Å². The molecule has 2 nitrogen and oxygen atoms in total. The first kappa shape index (κ1) is 19.1. The van der Waals surface area contributed by atoms with Crippen LogP contribution in [0, 0.1) is 0 Å². The van der Waals surface area contributed by atoms with Gasteiger partial charge < -0.3 is 10.4 Å². The molecular formula is C13H23Br2NO. The Kier molecular flexibility index (Phi) is 12.3. The van der Waals surface area contributed by atoms with E-state index < -0.39 is 0 Å². The number of hydrogen-bond donors (Lipinski definition) is 2. The predicted octanol–water partition coefficient (Wildman–Crippen LogP) is 5.57. The molecule has 0 unspecified atom stereocenters. The summed E-state index contributed by atoms with van der Waals surface area (Å²) >= 11 is 6.66. The van der Waals surface area contributed by atoms with Gasteiger partial charge in [-0.05, 0) is 49.9 Å². The molecule has 0 atom stereocenters. The van der Waals surface area contributed by atoms with E-state index in [9.17, 15) is 5.11 Å². The molecule has 17 heavy (non-hydrogen) atoms. The van der Waals surface area contributed by atoms with Crippen molar-refractivity contribution < 1.29 is 5.11 Å². The molecule has 0 fully saturated rings. The van der Waals surface area contributed by atoms with E-state index in [1.165, 1.54) is 0 Å². The highest BCUT2D eigenvalue weighted by atomic mass is 79.9. The van der Waals surface area contributed by atoms with Gasteiger partial charge >= 0.3 is 0 Å². The van der Waals surface area contributed by atoms with Crippen molar-refractivity contribution in [3.05, 3.63) is 20.6 Å². The van der Waals surface area contributed by atoms with Crippen LogP contribution in [0.2, 0.25) is 0 Å². The SMILES string of the molecule is CC.CC.CCc1cc(NC)c(Br)c(O)c1Br. The molecule has 4 heteroatoms. The number of phenolic OH excluding ortho intramolecular Hbond substituents is 1. The van der Waals surface area contributed by atoms with Crippen LogP contribution in [-0.4, -0.2) is 12.2 Å². The molecule has 0 aliphatic carbocycles. The standard InChI is InChI=1S/C9H11Br2NO.2C2H6/c1-3-5-4-6(12-2)8(11)9(13)7(5)10;2*1-2/h4,12-13H,3H2,1-2H3;2*1-2H3. The molecule has 1 aromatic rings. The highest BCUT2D eigenvalue weighted by Gasteiger charge is 2.11. The Morgan fingerprint density at radius 2 is 1.59 bits per heavy atom. The minimum Gasteiger partial charge on any atom is -0.505 e. The van der Waals surface area contributed by atoms with Crippen molar-refractivity contribution in [3.63, 3.8) is 0 Å². The van der Waals surface area contributed by atoms with Gasteiger partial charge in [-0.25, -0.2) is 0 Å². The molecule has 0 saturated heterocycles. The normalized spacial score (nSPS) is 8.47. The van der Waals surface area contributed by atoms with Crippen molar-refractivity contribution in [3.8, 4) is 5.75 Å². The topological polar surface area (TPSA) is 32.3 Å². The van der Waals surface area contributed by atoms with Gasteiger partial charge in [0, 0.05) is 7.05 Å². The lowest BCUT2D eigenvalue weighted by Gasteiger charge is -2.11. The number of rotatable bonds is 2. The first-order valence-electron chi connectivity index (χ1n) is 5.99. The van der Waals surface area contributed by atoms with Crippen LogP contribution in [0.4, 0.5) is 5.69 Å². The summed E-state index contributed by atoms with van der Waals surface area (Å²) in [4.78, 5) is 0. The summed E-state index contributed by atoms with van der Waals surface area (Å²) in [5, 5.41) is 12.7. The van der Waals surface area contributed by atoms with Crippen LogP contribution in [0.25, 0.3) is 0 Å². The molecular weight excluding hydrogens is 346 g/mol. The molecule has 0 aliphatic rings. The molecule has 0 aliphatic heterocycles. The number of hydrogen-bond acceptors (Lipinski definition) is 2. The Bertz CT molecular complexity index is 299. The molecule has 0 bridgehead atoms. The second-order valence-corrected chi connectivity index (χ2v) is 4.25. The molecule has 0 amide bonds. The monoisotopic (exact) mass is 367 g/mol. The minimum atomic E-state index is 0.253. The van der Waals surface area contributed by atoms with Gasteiger partial charge in [0.25, 0.3) is 0 Å². The van der Waals surface area contributed by atoms with Crippen molar-refractivity contribution in [2.24, 2.45) is 0 Å². The fourth-order valence-electron chi connectivity index (χ4n) is 1.12. The Morgan fingerprint density at radius 3 is 1.94 bits per heavy atom. The van der Waals surface area contributed by atoms with Crippen molar-refractivity contribution in [2.75, 3.05) is 12.4 Å². The Hall–Kier alpha value is -0.220. The number of nitrogens with one attached hydrogen (secondary N) is 1. The second kappa shape index (κ2) is 10.9. The Labute approximate surface area is 122 Å². The third-order valence-corrected chi connectivity index (χ3v) is 3.59. The van der Waals surface area contributed by atoms with Gasteiger partial charge in [0.2, 0.25) is 0 Å². The van der Waals surface area contributed by atoms with Crippen LogP contribution < -0.4 is 5.32 Å². The van der Waals surface area contributed by atoms with Crippen LogP contribution in [0.3, 0.4) is 0 Å². The Morgan fingerprint density at radius 1 is 1.12 bits per heavy atom. The van der Waals surface area contributed by atoms with Crippen LogP contribution in [0.5, 0.6) is 5.75 Å². The van der Waals surface area contributed by atoms with Crippen LogP contribution in [0.15, 0.2) is 15.0 Å². The smallest absolute Gasteiger partial charge is 0.146 e. The summed E-state index contributed by atoms with van der Waals surface area (Å²) in [5.41, 5.74) is 1.99. The van der Waals surface area contributed by atoms with E-state index in [-0.39, 0.29) is 5.75 Å².